The lowest BCUT2D eigenvalue weighted by Gasteiger charge is -2.26. The van der Waals surface area contributed by atoms with E-state index in [-0.39, 0.29) is 11.9 Å². The number of nitrogen functional groups attached to an aromatic ring is 1. The third-order valence-electron chi connectivity index (χ3n) is 3.92. The van der Waals surface area contributed by atoms with Crippen LogP contribution in [0, 0.1) is 5.92 Å². The van der Waals surface area contributed by atoms with Crippen molar-refractivity contribution >= 4 is 44.6 Å². The van der Waals surface area contributed by atoms with Crippen molar-refractivity contribution in [3.63, 3.8) is 0 Å². The summed E-state index contributed by atoms with van der Waals surface area (Å²) in [5, 5.41) is 1.59. The first-order chi connectivity index (χ1) is 9.97. The zero-order valence-corrected chi connectivity index (χ0v) is 13.8. The molecule has 1 aliphatic carbocycles. The Labute approximate surface area is 133 Å². The number of rotatable bonds is 4. The maximum Gasteiger partial charge on any atom is 0.266 e. The largest absolute Gasteiger partial charge is 0.397 e. The van der Waals surface area contributed by atoms with Crippen LogP contribution in [-0.2, 0) is 0 Å². The van der Waals surface area contributed by atoms with Crippen LogP contribution in [0.5, 0.6) is 0 Å². The fraction of sp³-hybridized carbons (Fsp3) is 0.438. The zero-order chi connectivity index (χ0) is 15.1. The molecule has 1 heterocycles. The van der Waals surface area contributed by atoms with Gasteiger partial charge in [0.25, 0.3) is 5.91 Å². The normalized spacial score (nSPS) is 14.9. The second-order valence-electron chi connectivity index (χ2n) is 5.98. The highest BCUT2D eigenvalue weighted by atomic mass is 35.5. The summed E-state index contributed by atoms with van der Waals surface area (Å²) in [4.78, 5) is 15.4. The molecule has 3 nitrogen and oxygen atoms in total. The minimum Gasteiger partial charge on any atom is -0.397 e. The van der Waals surface area contributed by atoms with Gasteiger partial charge >= 0.3 is 0 Å². The van der Waals surface area contributed by atoms with Crippen molar-refractivity contribution in [1.29, 1.82) is 0 Å². The van der Waals surface area contributed by atoms with Gasteiger partial charge in [-0.1, -0.05) is 11.6 Å². The minimum absolute atomic E-state index is 0.0479. The Hall–Kier alpha value is -1.26. The predicted molar refractivity (Wildman–Crippen MR) is 90.1 cm³/mol. The van der Waals surface area contributed by atoms with Crippen LogP contribution in [0.25, 0.3) is 10.1 Å². The van der Waals surface area contributed by atoms with Crippen LogP contribution in [0.3, 0.4) is 0 Å². The van der Waals surface area contributed by atoms with E-state index in [1.165, 1.54) is 24.2 Å². The zero-order valence-electron chi connectivity index (χ0n) is 12.2. The standard InChI is InChI=1S/C16H19ClN2OS/c1-9(2)19(8-10-3-4-10)16(20)15-14(18)12-6-5-11(17)7-13(12)21-15/h5-7,9-10H,3-4,8,18H2,1-2H3. The molecule has 0 radical (unpaired) electrons. The van der Waals surface area contributed by atoms with Crippen molar-refractivity contribution < 1.29 is 4.79 Å². The van der Waals surface area contributed by atoms with Gasteiger partial charge in [-0.05, 0) is 50.8 Å². The summed E-state index contributed by atoms with van der Waals surface area (Å²) in [6.45, 7) is 4.95. The highest BCUT2D eigenvalue weighted by molar-refractivity contribution is 7.21. The fourth-order valence-electron chi connectivity index (χ4n) is 2.49. The number of carbonyl (C=O) groups is 1. The quantitative estimate of drug-likeness (QED) is 0.907. The van der Waals surface area contributed by atoms with E-state index in [0.29, 0.717) is 21.5 Å². The Morgan fingerprint density at radius 2 is 2.19 bits per heavy atom. The van der Waals surface area contributed by atoms with Gasteiger partial charge in [0.05, 0.1) is 5.69 Å². The van der Waals surface area contributed by atoms with Crippen molar-refractivity contribution in [2.45, 2.75) is 32.7 Å². The molecule has 1 fully saturated rings. The highest BCUT2D eigenvalue weighted by Crippen LogP contribution is 2.37. The Kier molecular flexibility index (Phi) is 3.84. The number of anilines is 1. The molecule has 1 aliphatic rings. The Morgan fingerprint density at radius 3 is 2.81 bits per heavy atom. The summed E-state index contributed by atoms with van der Waals surface area (Å²) in [5.41, 5.74) is 6.78. The number of nitrogens with zero attached hydrogens (tertiary/aromatic N) is 1. The minimum atomic E-state index is 0.0479. The van der Waals surface area contributed by atoms with Crippen LogP contribution in [0.2, 0.25) is 5.02 Å². The lowest BCUT2D eigenvalue weighted by Crippen LogP contribution is -2.38. The SMILES string of the molecule is CC(C)N(CC1CC1)C(=O)c1sc2cc(Cl)ccc2c1N. The summed E-state index contributed by atoms with van der Waals surface area (Å²) < 4.78 is 0.971. The Morgan fingerprint density at radius 1 is 1.48 bits per heavy atom. The van der Waals surface area contributed by atoms with E-state index in [4.69, 9.17) is 17.3 Å². The molecule has 1 aromatic carbocycles. The van der Waals surface area contributed by atoms with Gasteiger partial charge < -0.3 is 10.6 Å². The molecule has 112 valence electrons. The lowest BCUT2D eigenvalue weighted by molar-refractivity contribution is 0.0702. The van der Waals surface area contributed by atoms with Gasteiger partial charge in [-0.15, -0.1) is 11.3 Å². The topological polar surface area (TPSA) is 46.3 Å². The van der Waals surface area contributed by atoms with Crippen molar-refractivity contribution in [2.75, 3.05) is 12.3 Å². The molecule has 0 spiro atoms. The van der Waals surface area contributed by atoms with E-state index in [1.54, 1.807) is 0 Å². The number of halogens is 1. The van der Waals surface area contributed by atoms with Gasteiger partial charge in [0.1, 0.15) is 4.88 Å². The molecule has 0 unspecified atom stereocenters. The van der Waals surface area contributed by atoms with E-state index < -0.39 is 0 Å². The Balaban J connectivity index is 1.97. The average Bonchev–Trinajstić information content (AvgIpc) is 3.19. The maximum atomic E-state index is 12.8. The van der Waals surface area contributed by atoms with Crippen molar-refractivity contribution in [3.8, 4) is 0 Å². The predicted octanol–water partition coefficient (Wildman–Crippen LogP) is 4.40. The van der Waals surface area contributed by atoms with Crippen LogP contribution in [-0.4, -0.2) is 23.4 Å². The molecule has 3 rings (SSSR count). The maximum absolute atomic E-state index is 12.8. The smallest absolute Gasteiger partial charge is 0.266 e. The molecule has 1 aromatic heterocycles. The number of amides is 1. The summed E-state index contributed by atoms with van der Waals surface area (Å²) in [5.74, 6) is 0.716. The third kappa shape index (κ3) is 2.87. The molecule has 5 heteroatoms. The van der Waals surface area contributed by atoms with Gasteiger partial charge in [0, 0.05) is 27.7 Å². The Bertz CT molecular complexity index is 691. The number of thiophene rings is 1. The van der Waals surface area contributed by atoms with E-state index in [2.05, 4.69) is 13.8 Å². The molecule has 0 saturated heterocycles. The number of hydrogen-bond donors (Lipinski definition) is 1. The molecular formula is C16H19ClN2OS. The monoisotopic (exact) mass is 322 g/mol. The first kappa shape index (κ1) is 14.7. The van der Waals surface area contributed by atoms with E-state index in [1.807, 2.05) is 23.1 Å². The number of nitrogens with two attached hydrogens (primary N) is 1. The summed E-state index contributed by atoms with van der Waals surface area (Å²) in [6, 6.07) is 5.76. The number of hydrogen-bond acceptors (Lipinski definition) is 3. The summed E-state index contributed by atoms with van der Waals surface area (Å²) in [7, 11) is 0. The third-order valence-corrected chi connectivity index (χ3v) is 5.31. The highest BCUT2D eigenvalue weighted by Gasteiger charge is 2.30. The summed E-state index contributed by atoms with van der Waals surface area (Å²) in [6.07, 6.45) is 2.46. The van der Waals surface area contributed by atoms with Crippen molar-refractivity contribution in [1.82, 2.24) is 4.90 Å². The second-order valence-corrected chi connectivity index (χ2v) is 7.47. The fourth-order valence-corrected chi connectivity index (χ4v) is 3.84. The van der Waals surface area contributed by atoms with Crippen LogP contribution >= 0.6 is 22.9 Å². The molecule has 21 heavy (non-hydrogen) atoms. The molecule has 0 bridgehead atoms. The van der Waals surface area contributed by atoms with Gasteiger partial charge in [-0.2, -0.15) is 0 Å². The van der Waals surface area contributed by atoms with Gasteiger partial charge in [0.2, 0.25) is 0 Å². The van der Waals surface area contributed by atoms with Gasteiger partial charge in [-0.3, -0.25) is 4.79 Å². The van der Waals surface area contributed by atoms with Gasteiger partial charge in [-0.25, -0.2) is 0 Å². The second kappa shape index (κ2) is 5.50. The van der Waals surface area contributed by atoms with E-state index in [0.717, 1.165) is 16.6 Å². The van der Waals surface area contributed by atoms with E-state index >= 15 is 0 Å². The van der Waals surface area contributed by atoms with Crippen LogP contribution in [0.1, 0.15) is 36.4 Å². The van der Waals surface area contributed by atoms with E-state index in [9.17, 15) is 4.79 Å². The number of fused-ring (bicyclic) bond motifs is 1. The molecule has 1 amide bonds. The van der Waals surface area contributed by atoms with Crippen molar-refractivity contribution in [2.24, 2.45) is 5.92 Å². The lowest BCUT2D eigenvalue weighted by atomic mass is 10.2. The number of carbonyl (C=O) groups excluding carboxylic acids is 1. The number of benzene rings is 1. The first-order valence-electron chi connectivity index (χ1n) is 7.26. The van der Waals surface area contributed by atoms with Gasteiger partial charge in [0.15, 0.2) is 0 Å². The first-order valence-corrected chi connectivity index (χ1v) is 8.45. The molecule has 2 aromatic rings. The molecule has 1 saturated carbocycles. The van der Waals surface area contributed by atoms with Crippen LogP contribution in [0.15, 0.2) is 18.2 Å². The molecular weight excluding hydrogens is 304 g/mol. The molecule has 0 atom stereocenters. The molecule has 2 N–H and O–H groups in total. The summed E-state index contributed by atoms with van der Waals surface area (Å²) >= 11 is 7.46. The van der Waals surface area contributed by atoms with Crippen LogP contribution in [0.4, 0.5) is 5.69 Å². The van der Waals surface area contributed by atoms with Crippen molar-refractivity contribution in [3.05, 3.63) is 28.1 Å². The average molecular weight is 323 g/mol. The van der Waals surface area contributed by atoms with Crippen LogP contribution < -0.4 is 5.73 Å². The molecule has 0 aliphatic heterocycles.